The van der Waals surface area contributed by atoms with Crippen LogP contribution in [0.25, 0.3) is 0 Å². The number of hydrogen-bond donors (Lipinski definition) is 0. The van der Waals surface area contributed by atoms with Gasteiger partial charge in [0.1, 0.15) is 0 Å². The molecule has 5 nitrogen and oxygen atoms in total. The Bertz CT molecular complexity index is 639. The Morgan fingerprint density at radius 1 is 1.36 bits per heavy atom. The molecule has 1 atom stereocenters. The van der Waals surface area contributed by atoms with Gasteiger partial charge in [-0.3, -0.25) is 0 Å². The van der Waals surface area contributed by atoms with Gasteiger partial charge in [0.2, 0.25) is 10.0 Å². The fraction of sp³-hybridized carbons (Fsp3) is 0.600. The van der Waals surface area contributed by atoms with E-state index < -0.39 is 15.8 Å². The lowest BCUT2D eigenvalue weighted by Gasteiger charge is -2.24. The van der Waals surface area contributed by atoms with Crippen LogP contribution in [0.1, 0.15) is 19.3 Å². The average Bonchev–Trinajstić information content (AvgIpc) is 3.20. The molecule has 0 N–H and O–H groups in total. The van der Waals surface area contributed by atoms with E-state index in [2.05, 4.69) is 0 Å². The van der Waals surface area contributed by atoms with Crippen molar-refractivity contribution in [2.45, 2.75) is 30.2 Å². The second-order valence-corrected chi connectivity index (χ2v) is 7.72. The zero-order valence-electron chi connectivity index (χ0n) is 12.5. The summed E-state index contributed by atoms with van der Waals surface area (Å²) in [4.78, 5) is -0.0170. The van der Waals surface area contributed by atoms with Crippen molar-refractivity contribution in [3.05, 3.63) is 24.0 Å². The van der Waals surface area contributed by atoms with Crippen LogP contribution in [0.5, 0.6) is 5.75 Å². The third-order valence-corrected chi connectivity index (χ3v) is 6.06. The molecule has 1 aliphatic carbocycles. The largest absolute Gasteiger partial charge is 0.494 e. The van der Waals surface area contributed by atoms with Crippen LogP contribution in [-0.2, 0) is 14.8 Å². The van der Waals surface area contributed by atoms with Gasteiger partial charge in [-0.1, -0.05) is 0 Å². The number of ether oxygens (including phenoxy) is 2. The number of benzene rings is 1. The molecule has 1 saturated heterocycles. The Hall–Kier alpha value is -1.18. The SMILES string of the molecule is COc1ccc(S(=O)(=O)N(C[C@H]2CCOC2)C2CC2)cc1F. The molecule has 122 valence electrons. The van der Waals surface area contributed by atoms with E-state index in [-0.39, 0.29) is 22.6 Å². The second kappa shape index (κ2) is 6.14. The van der Waals surface area contributed by atoms with Crippen molar-refractivity contribution in [1.29, 1.82) is 0 Å². The maximum atomic E-state index is 13.8. The molecule has 3 rings (SSSR count). The fourth-order valence-electron chi connectivity index (χ4n) is 2.73. The van der Waals surface area contributed by atoms with E-state index >= 15 is 0 Å². The smallest absolute Gasteiger partial charge is 0.243 e. The van der Waals surface area contributed by atoms with E-state index in [0.717, 1.165) is 25.3 Å². The zero-order valence-corrected chi connectivity index (χ0v) is 13.3. The molecule has 0 unspecified atom stereocenters. The topological polar surface area (TPSA) is 55.8 Å². The molecule has 1 aromatic rings. The molecule has 0 spiro atoms. The molecule has 2 aliphatic rings. The summed E-state index contributed by atoms with van der Waals surface area (Å²) in [5, 5.41) is 0. The summed E-state index contributed by atoms with van der Waals surface area (Å²) in [7, 11) is -2.34. The first-order valence-corrected chi connectivity index (χ1v) is 8.89. The van der Waals surface area contributed by atoms with Gasteiger partial charge in [0.25, 0.3) is 0 Å². The zero-order chi connectivity index (χ0) is 15.7. The first kappa shape index (κ1) is 15.7. The van der Waals surface area contributed by atoms with E-state index in [0.29, 0.717) is 19.8 Å². The summed E-state index contributed by atoms with van der Waals surface area (Å²) in [5.41, 5.74) is 0. The van der Waals surface area contributed by atoms with Gasteiger partial charge in [-0.25, -0.2) is 12.8 Å². The summed E-state index contributed by atoms with van der Waals surface area (Å²) < 4.78 is 51.2. The van der Waals surface area contributed by atoms with Crippen LogP contribution in [0.2, 0.25) is 0 Å². The summed E-state index contributed by atoms with van der Waals surface area (Å²) in [6, 6.07) is 3.83. The normalized spacial score (nSPS) is 22.2. The maximum Gasteiger partial charge on any atom is 0.243 e. The van der Waals surface area contributed by atoms with Crippen LogP contribution in [-0.4, -0.2) is 45.6 Å². The number of halogens is 1. The van der Waals surface area contributed by atoms with E-state index in [1.165, 1.54) is 23.5 Å². The quantitative estimate of drug-likeness (QED) is 0.801. The first-order chi connectivity index (χ1) is 10.5. The van der Waals surface area contributed by atoms with Crippen LogP contribution in [0.3, 0.4) is 0 Å². The molecule has 0 radical (unpaired) electrons. The minimum Gasteiger partial charge on any atom is -0.494 e. The fourth-order valence-corrected chi connectivity index (χ4v) is 4.50. The lowest BCUT2D eigenvalue weighted by atomic mass is 10.1. The Labute approximate surface area is 130 Å². The van der Waals surface area contributed by atoms with Gasteiger partial charge in [-0.15, -0.1) is 0 Å². The maximum absolute atomic E-state index is 13.8. The molecule has 22 heavy (non-hydrogen) atoms. The Morgan fingerprint density at radius 2 is 2.14 bits per heavy atom. The first-order valence-electron chi connectivity index (χ1n) is 7.45. The van der Waals surface area contributed by atoms with Gasteiger partial charge < -0.3 is 9.47 Å². The van der Waals surface area contributed by atoms with Crippen molar-refractivity contribution in [1.82, 2.24) is 4.31 Å². The Kier molecular flexibility index (Phi) is 4.38. The van der Waals surface area contributed by atoms with Crippen LogP contribution in [0.4, 0.5) is 4.39 Å². The summed E-state index contributed by atoms with van der Waals surface area (Å²) in [6.45, 7) is 1.72. The number of rotatable bonds is 6. The minimum absolute atomic E-state index is 0.0170. The Balaban J connectivity index is 1.86. The molecule has 0 aromatic heterocycles. The van der Waals surface area contributed by atoms with Crippen molar-refractivity contribution in [3.8, 4) is 5.75 Å². The monoisotopic (exact) mass is 329 g/mol. The van der Waals surface area contributed by atoms with Crippen molar-refractivity contribution in [2.75, 3.05) is 26.9 Å². The standard InChI is InChI=1S/C15H20FNO4S/c1-20-15-5-4-13(8-14(15)16)22(18,19)17(12-2-3-12)9-11-6-7-21-10-11/h4-5,8,11-12H,2-3,6-7,9-10H2,1H3/t11-/m1/s1. The second-order valence-electron chi connectivity index (χ2n) is 5.83. The van der Waals surface area contributed by atoms with Crippen LogP contribution in [0.15, 0.2) is 23.1 Å². The molecule has 2 fully saturated rings. The highest BCUT2D eigenvalue weighted by molar-refractivity contribution is 7.89. The predicted molar refractivity (Wildman–Crippen MR) is 78.8 cm³/mol. The molecular formula is C15H20FNO4S. The summed E-state index contributed by atoms with van der Waals surface area (Å²) in [5.74, 6) is -0.400. The summed E-state index contributed by atoms with van der Waals surface area (Å²) >= 11 is 0. The van der Waals surface area contributed by atoms with E-state index in [4.69, 9.17) is 9.47 Å². The molecule has 7 heteroatoms. The highest BCUT2D eigenvalue weighted by atomic mass is 32.2. The van der Waals surface area contributed by atoms with Crippen LogP contribution in [0, 0.1) is 11.7 Å². The Morgan fingerprint density at radius 3 is 2.68 bits per heavy atom. The highest BCUT2D eigenvalue weighted by Gasteiger charge is 2.40. The molecule has 1 aromatic carbocycles. The van der Waals surface area contributed by atoms with Crippen molar-refractivity contribution < 1.29 is 22.3 Å². The minimum atomic E-state index is -3.69. The molecule has 1 aliphatic heterocycles. The van der Waals surface area contributed by atoms with Crippen LogP contribution < -0.4 is 4.74 Å². The number of nitrogens with zero attached hydrogens (tertiary/aromatic N) is 1. The molecule has 0 amide bonds. The van der Waals surface area contributed by atoms with Crippen molar-refractivity contribution in [3.63, 3.8) is 0 Å². The third kappa shape index (κ3) is 3.11. The van der Waals surface area contributed by atoms with Crippen molar-refractivity contribution >= 4 is 10.0 Å². The molecule has 0 bridgehead atoms. The lowest BCUT2D eigenvalue weighted by molar-refractivity contribution is 0.180. The number of hydrogen-bond acceptors (Lipinski definition) is 4. The number of sulfonamides is 1. The van der Waals surface area contributed by atoms with Gasteiger partial charge in [0, 0.05) is 19.2 Å². The lowest BCUT2D eigenvalue weighted by Crippen LogP contribution is -2.37. The van der Waals surface area contributed by atoms with Gasteiger partial charge >= 0.3 is 0 Å². The van der Waals surface area contributed by atoms with Crippen molar-refractivity contribution in [2.24, 2.45) is 5.92 Å². The average molecular weight is 329 g/mol. The van der Waals surface area contributed by atoms with E-state index in [9.17, 15) is 12.8 Å². The van der Waals surface area contributed by atoms with E-state index in [1.807, 2.05) is 0 Å². The van der Waals surface area contributed by atoms with E-state index in [1.54, 1.807) is 0 Å². The third-order valence-electron chi connectivity index (χ3n) is 4.15. The van der Waals surface area contributed by atoms with Gasteiger partial charge in [-0.2, -0.15) is 4.31 Å². The molecule has 1 heterocycles. The number of methoxy groups -OCH3 is 1. The van der Waals surface area contributed by atoms with Crippen LogP contribution >= 0.6 is 0 Å². The van der Waals surface area contributed by atoms with Gasteiger partial charge in [0.15, 0.2) is 11.6 Å². The molecule has 1 saturated carbocycles. The predicted octanol–water partition coefficient (Wildman–Crippen LogP) is 2.02. The highest BCUT2D eigenvalue weighted by Crippen LogP contribution is 2.34. The summed E-state index contributed by atoms with van der Waals surface area (Å²) in [6.07, 6.45) is 2.60. The van der Waals surface area contributed by atoms with Gasteiger partial charge in [-0.05, 0) is 43.4 Å². The molecular weight excluding hydrogens is 309 g/mol. The van der Waals surface area contributed by atoms with Gasteiger partial charge in [0.05, 0.1) is 18.6 Å².